The molecule has 6 nitrogen and oxygen atoms in total. The molecule has 2 aromatic heterocycles. The fourth-order valence-electron chi connectivity index (χ4n) is 2.12. The Morgan fingerprint density at radius 3 is 2.75 bits per heavy atom. The van der Waals surface area contributed by atoms with Crippen molar-refractivity contribution >= 4 is 28.5 Å². The molecular weight excluding hydrogens is 252 g/mol. The topological polar surface area (TPSA) is 78.5 Å². The molecule has 0 aliphatic rings. The van der Waals surface area contributed by atoms with Crippen LogP contribution < -0.4 is 10.6 Å². The average molecular weight is 268 g/mol. The van der Waals surface area contributed by atoms with Crippen molar-refractivity contribution in [2.45, 2.75) is 13.8 Å². The minimum atomic E-state index is 0.550. The van der Waals surface area contributed by atoms with Crippen LogP contribution in [0.15, 0.2) is 24.4 Å². The van der Waals surface area contributed by atoms with Crippen LogP contribution in [0.4, 0.5) is 17.5 Å². The Kier molecular flexibility index (Phi) is 2.98. The first-order chi connectivity index (χ1) is 9.67. The van der Waals surface area contributed by atoms with E-state index < -0.39 is 0 Å². The van der Waals surface area contributed by atoms with E-state index in [0.29, 0.717) is 11.6 Å². The van der Waals surface area contributed by atoms with Gasteiger partial charge < -0.3 is 10.6 Å². The highest BCUT2D eigenvalue weighted by atomic mass is 15.2. The number of benzene rings is 1. The van der Waals surface area contributed by atoms with Gasteiger partial charge in [-0.25, -0.2) is 0 Å². The molecule has 3 aromatic rings. The van der Waals surface area contributed by atoms with Gasteiger partial charge in [-0.3, -0.25) is 5.10 Å². The van der Waals surface area contributed by atoms with E-state index >= 15 is 0 Å². The Hall–Kier alpha value is -2.63. The van der Waals surface area contributed by atoms with E-state index in [9.17, 15) is 0 Å². The van der Waals surface area contributed by atoms with E-state index in [1.165, 1.54) is 11.1 Å². The molecule has 102 valence electrons. The molecular formula is C14H16N6. The molecule has 0 atom stereocenters. The summed E-state index contributed by atoms with van der Waals surface area (Å²) in [5.74, 6) is 1.29. The van der Waals surface area contributed by atoms with Gasteiger partial charge in [-0.1, -0.05) is 17.7 Å². The molecule has 0 amide bonds. The van der Waals surface area contributed by atoms with Crippen LogP contribution in [0.5, 0.6) is 0 Å². The van der Waals surface area contributed by atoms with Gasteiger partial charge in [-0.2, -0.15) is 15.1 Å². The molecule has 0 unspecified atom stereocenters. The number of anilines is 3. The normalized spacial score (nSPS) is 10.8. The van der Waals surface area contributed by atoms with Gasteiger partial charge in [-0.15, -0.1) is 0 Å². The third-order valence-corrected chi connectivity index (χ3v) is 3.17. The number of fused-ring (bicyclic) bond motifs is 1. The summed E-state index contributed by atoms with van der Waals surface area (Å²) < 4.78 is 0. The molecule has 0 spiro atoms. The highest BCUT2D eigenvalue weighted by Gasteiger charge is 2.10. The molecule has 2 heterocycles. The van der Waals surface area contributed by atoms with Crippen LogP contribution in [0.3, 0.4) is 0 Å². The van der Waals surface area contributed by atoms with Crippen LogP contribution in [0.1, 0.15) is 11.1 Å². The van der Waals surface area contributed by atoms with Crippen LogP contribution in [-0.2, 0) is 0 Å². The number of nitrogens with one attached hydrogen (secondary N) is 3. The zero-order valence-electron chi connectivity index (χ0n) is 11.7. The summed E-state index contributed by atoms with van der Waals surface area (Å²) in [4.78, 5) is 8.77. The summed E-state index contributed by atoms with van der Waals surface area (Å²) in [6.07, 6.45) is 1.72. The molecule has 20 heavy (non-hydrogen) atoms. The standard InChI is InChI=1S/C14H16N6/c1-8-4-5-11(9(2)6-8)17-12-10-7-16-20-13(10)19-14(15-3)18-12/h4-7H,1-3H3,(H3,15,16,17,18,19,20). The lowest BCUT2D eigenvalue weighted by molar-refractivity contribution is 1.09. The number of aromatic nitrogens is 4. The van der Waals surface area contributed by atoms with E-state index in [-0.39, 0.29) is 0 Å². The first kappa shape index (κ1) is 12.4. The third-order valence-electron chi connectivity index (χ3n) is 3.17. The van der Waals surface area contributed by atoms with Gasteiger partial charge in [0.05, 0.1) is 11.6 Å². The zero-order chi connectivity index (χ0) is 14.1. The van der Waals surface area contributed by atoms with Crippen molar-refractivity contribution in [1.29, 1.82) is 0 Å². The average Bonchev–Trinajstić information content (AvgIpc) is 2.90. The second kappa shape index (κ2) is 4.80. The first-order valence-corrected chi connectivity index (χ1v) is 6.40. The fourth-order valence-corrected chi connectivity index (χ4v) is 2.12. The van der Waals surface area contributed by atoms with E-state index in [1.807, 2.05) is 0 Å². The Morgan fingerprint density at radius 2 is 2.00 bits per heavy atom. The van der Waals surface area contributed by atoms with Crippen LogP contribution in [0.2, 0.25) is 0 Å². The maximum Gasteiger partial charge on any atom is 0.226 e. The summed E-state index contributed by atoms with van der Waals surface area (Å²) in [7, 11) is 1.79. The molecule has 0 saturated heterocycles. The zero-order valence-corrected chi connectivity index (χ0v) is 11.7. The second-order valence-electron chi connectivity index (χ2n) is 4.72. The molecule has 3 rings (SSSR count). The smallest absolute Gasteiger partial charge is 0.226 e. The summed E-state index contributed by atoms with van der Waals surface area (Å²) in [5.41, 5.74) is 4.14. The van der Waals surface area contributed by atoms with Gasteiger partial charge in [0.2, 0.25) is 5.95 Å². The highest BCUT2D eigenvalue weighted by molar-refractivity contribution is 5.89. The monoisotopic (exact) mass is 268 g/mol. The molecule has 6 heteroatoms. The second-order valence-corrected chi connectivity index (χ2v) is 4.72. The number of rotatable bonds is 3. The molecule has 0 bridgehead atoms. The number of aromatic amines is 1. The number of nitrogens with zero attached hydrogens (tertiary/aromatic N) is 3. The maximum absolute atomic E-state index is 4.46. The first-order valence-electron chi connectivity index (χ1n) is 6.40. The minimum Gasteiger partial charge on any atom is -0.357 e. The van der Waals surface area contributed by atoms with Crippen LogP contribution in [0.25, 0.3) is 11.0 Å². The quantitative estimate of drug-likeness (QED) is 0.680. The summed E-state index contributed by atoms with van der Waals surface area (Å²) >= 11 is 0. The summed E-state index contributed by atoms with van der Waals surface area (Å²) in [6.45, 7) is 4.15. The predicted molar refractivity (Wildman–Crippen MR) is 80.4 cm³/mol. The van der Waals surface area contributed by atoms with Gasteiger partial charge >= 0.3 is 0 Å². The van der Waals surface area contributed by atoms with Crippen molar-refractivity contribution in [3.63, 3.8) is 0 Å². The van der Waals surface area contributed by atoms with Crippen LogP contribution in [-0.4, -0.2) is 27.2 Å². The molecule has 0 aliphatic heterocycles. The molecule has 0 radical (unpaired) electrons. The molecule has 1 aromatic carbocycles. The van der Waals surface area contributed by atoms with E-state index in [2.05, 4.69) is 62.8 Å². The van der Waals surface area contributed by atoms with E-state index in [4.69, 9.17) is 0 Å². The van der Waals surface area contributed by atoms with Gasteiger partial charge in [-0.05, 0) is 25.5 Å². The Morgan fingerprint density at radius 1 is 1.15 bits per heavy atom. The largest absolute Gasteiger partial charge is 0.357 e. The summed E-state index contributed by atoms with van der Waals surface area (Å²) in [6, 6.07) is 6.26. The number of H-pyrrole nitrogens is 1. The Balaban J connectivity index is 2.07. The van der Waals surface area contributed by atoms with Crippen molar-refractivity contribution in [3.05, 3.63) is 35.5 Å². The molecule has 3 N–H and O–H groups in total. The third kappa shape index (κ3) is 2.16. The summed E-state index contributed by atoms with van der Waals surface area (Å²) in [5, 5.41) is 14.0. The van der Waals surface area contributed by atoms with Crippen LogP contribution >= 0.6 is 0 Å². The fraction of sp³-hybridized carbons (Fsp3) is 0.214. The van der Waals surface area contributed by atoms with Gasteiger partial charge in [0.1, 0.15) is 5.82 Å². The van der Waals surface area contributed by atoms with Crippen LogP contribution in [0, 0.1) is 13.8 Å². The number of hydrogen-bond acceptors (Lipinski definition) is 5. The van der Waals surface area contributed by atoms with Gasteiger partial charge in [0.15, 0.2) is 5.65 Å². The minimum absolute atomic E-state index is 0.550. The van der Waals surface area contributed by atoms with Gasteiger partial charge in [0.25, 0.3) is 0 Å². The molecule has 0 fully saturated rings. The Labute approximate surface area is 116 Å². The number of aryl methyl sites for hydroxylation is 2. The maximum atomic E-state index is 4.46. The lowest BCUT2D eigenvalue weighted by Crippen LogP contribution is -2.02. The SMILES string of the molecule is CNc1nc(Nc2ccc(C)cc2C)c2cn[nH]c2n1. The molecule has 0 aliphatic carbocycles. The van der Waals surface area contributed by atoms with Crippen molar-refractivity contribution < 1.29 is 0 Å². The lowest BCUT2D eigenvalue weighted by atomic mass is 10.1. The van der Waals surface area contributed by atoms with Crippen molar-refractivity contribution in [2.75, 3.05) is 17.7 Å². The van der Waals surface area contributed by atoms with Crippen molar-refractivity contribution in [3.8, 4) is 0 Å². The van der Waals surface area contributed by atoms with Crippen molar-refractivity contribution in [1.82, 2.24) is 20.2 Å². The van der Waals surface area contributed by atoms with E-state index in [0.717, 1.165) is 16.9 Å². The Bertz CT molecular complexity index is 761. The van der Waals surface area contributed by atoms with E-state index in [1.54, 1.807) is 13.2 Å². The highest BCUT2D eigenvalue weighted by Crippen LogP contribution is 2.25. The number of hydrogen-bond donors (Lipinski definition) is 3. The predicted octanol–water partition coefficient (Wildman–Crippen LogP) is 2.76. The lowest BCUT2D eigenvalue weighted by Gasteiger charge is -2.11. The van der Waals surface area contributed by atoms with Gasteiger partial charge in [0, 0.05) is 12.7 Å². The van der Waals surface area contributed by atoms with Crippen molar-refractivity contribution in [2.24, 2.45) is 0 Å². The molecule has 0 saturated carbocycles.